The molecule has 2 aliphatic heterocycles. The van der Waals surface area contributed by atoms with Crippen molar-refractivity contribution in [2.24, 2.45) is 5.92 Å². The molecule has 0 spiro atoms. The summed E-state index contributed by atoms with van der Waals surface area (Å²) < 4.78 is 12.1. The van der Waals surface area contributed by atoms with Crippen molar-refractivity contribution in [1.29, 1.82) is 0 Å². The first-order valence-corrected chi connectivity index (χ1v) is 8.96. The number of carbonyl (C=O) groups excluding carboxylic acids is 1. The summed E-state index contributed by atoms with van der Waals surface area (Å²) in [5.74, 6) is 1.71. The van der Waals surface area contributed by atoms with Crippen molar-refractivity contribution in [3.05, 3.63) is 22.2 Å². The van der Waals surface area contributed by atoms with E-state index in [9.17, 15) is 4.79 Å². The van der Waals surface area contributed by atoms with Gasteiger partial charge >= 0.3 is 0 Å². The van der Waals surface area contributed by atoms with Crippen LogP contribution in [0.5, 0.6) is 11.5 Å². The quantitative estimate of drug-likeness (QED) is 0.843. The summed E-state index contributed by atoms with van der Waals surface area (Å²) in [6, 6.07) is 4.18. The third kappa shape index (κ3) is 3.80. The molecule has 23 heavy (non-hydrogen) atoms. The van der Waals surface area contributed by atoms with Crippen molar-refractivity contribution >= 4 is 21.8 Å². The van der Waals surface area contributed by atoms with E-state index in [1.54, 1.807) is 0 Å². The molecular formula is C17H23BrN2O3. The van der Waals surface area contributed by atoms with Gasteiger partial charge in [-0.3, -0.25) is 4.79 Å². The molecule has 0 bridgehead atoms. The predicted molar refractivity (Wildman–Crippen MR) is 91.9 cm³/mol. The van der Waals surface area contributed by atoms with Crippen LogP contribution in [0.25, 0.3) is 0 Å². The largest absolute Gasteiger partial charge is 0.486 e. The molecule has 0 aromatic heterocycles. The highest BCUT2D eigenvalue weighted by atomic mass is 79.9. The zero-order chi connectivity index (χ0) is 16.4. The van der Waals surface area contributed by atoms with E-state index < -0.39 is 0 Å². The molecule has 5 nitrogen and oxygen atoms in total. The minimum Gasteiger partial charge on any atom is -0.486 e. The lowest BCUT2D eigenvalue weighted by Gasteiger charge is -2.29. The van der Waals surface area contributed by atoms with Gasteiger partial charge in [0.05, 0.1) is 6.04 Å². The van der Waals surface area contributed by atoms with Crippen molar-refractivity contribution in [2.75, 3.05) is 19.8 Å². The van der Waals surface area contributed by atoms with Gasteiger partial charge in [-0.25, -0.2) is 0 Å². The van der Waals surface area contributed by atoms with Gasteiger partial charge in [-0.2, -0.15) is 0 Å². The molecule has 6 heteroatoms. The number of carbonyl (C=O) groups is 1. The number of fused-ring (bicyclic) bond motifs is 1. The van der Waals surface area contributed by atoms with Gasteiger partial charge in [0.15, 0.2) is 11.5 Å². The maximum absolute atomic E-state index is 12.5. The summed E-state index contributed by atoms with van der Waals surface area (Å²) in [4.78, 5) is 12.5. The molecule has 1 amide bonds. The maximum Gasteiger partial charge on any atom is 0.223 e. The molecule has 2 heterocycles. The van der Waals surface area contributed by atoms with E-state index in [0.29, 0.717) is 19.3 Å². The Morgan fingerprint density at radius 2 is 2.04 bits per heavy atom. The molecule has 0 aliphatic carbocycles. The van der Waals surface area contributed by atoms with E-state index in [4.69, 9.17) is 9.47 Å². The van der Waals surface area contributed by atoms with E-state index >= 15 is 0 Å². The van der Waals surface area contributed by atoms with Gasteiger partial charge in [0.1, 0.15) is 13.2 Å². The molecule has 3 atom stereocenters. The average Bonchev–Trinajstić information content (AvgIpc) is 2.54. The Labute approximate surface area is 145 Å². The van der Waals surface area contributed by atoms with E-state index in [-0.39, 0.29) is 17.9 Å². The highest BCUT2D eigenvalue weighted by Gasteiger charge is 2.26. The molecular weight excluding hydrogens is 360 g/mol. The number of benzene rings is 1. The normalized spacial score (nSPS) is 24.8. The lowest BCUT2D eigenvalue weighted by Crippen LogP contribution is -2.43. The number of hydrogen-bond donors (Lipinski definition) is 2. The molecule has 0 radical (unpaired) electrons. The standard InChI is InChI=1S/C17H23BrN2O3/c1-10-7-12(3-4-19-10)17(21)20-11(2)13-8-15-16(9-14(13)18)23-6-5-22-15/h8-12,19H,3-7H2,1-2H3,(H,20,21)/t10-,11?,12-/m0/s1. The minimum absolute atomic E-state index is 0.0853. The fraction of sp³-hybridized carbons (Fsp3) is 0.588. The van der Waals surface area contributed by atoms with Crippen molar-refractivity contribution in [2.45, 2.75) is 38.8 Å². The Hall–Kier alpha value is -1.27. The summed E-state index contributed by atoms with van der Waals surface area (Å²) >= 11 is 3.57. The fourth-order valence-electron chi connectivity index (χ4n) is 3.19. The second kappa shape index (κ2) is 7.09. The van der Waals surface area contributed by atoms with Crippen LogP contribution in [0.4, 0.5) is 0 Å². The van der Waals surface area contributed by atoms with Crippen LogP contribution in [0.1, 0.15) is 38.3 Å². The van der Waals surface area contributed by atoms with E-state index in [1.165, 1.54) is 0 Å². The Kier molecular flexibility index (Phi) is 5.11. The number of rotatable bonds is 3. The van der Waals surface area contributed by atoms with Gasteiger partial charge < -0.3 is 20.1 Å². The minimum atomic E-state index is -0.0853. The van der Waals surface area contributed by atoms with Crippen molar-refractivity contribution in [3.8, 4) is 11.5 Å². The molecule has 1 aromatic rings. The van der Waals surface area contributed by atoms with Crippen molar-refractivity contribution in [3.63, 3.8) is 0 Å². The first-order chi connectivity index (χ1) is 11.0. The first-order valence-electron chi connectivity index (χ1n) is 8.17. The Bertz CT molecular complexity index is 593. The highest BCUT2D eigenvalue weighted by Crippen LogP contribution is 2.37. The van der Waals surface area contributed by atoms with Crippen LogP contribution in [0, 0.1) is 5.92 Å². The molecule has 3 rings (SSSR count). The molecule has 1 unspecified atom stereocenters. The third-order valence-electron chi connectivity index (χ3n) is 4.48. The van der Waals surface area contributed by atoms with Crippen LogP contribution in [-0.2, 0) is 4.79 Å². The number of hydrogen-bond acceptors (Lipinski definition) is 4. The maximum atomic E-state index is 12.5. The zero-order valence-corrected chi connectivity index (χ0v) is 15.1. The average molecular weight is 383 g/mol. The number of piperidine rings is 1. The van der Waals surface area contributed by atoms with Crippen LogP contribution in [0.3, 0.4) is 0 Å². The molecule has 1 aromatic carbocycles. The van der Waals surface area contributed by atoms with Gasteiger partial charge in [0.25, 0.3) is 0 Å². The molecule has 2 N–H and O–H groups in total. The van der Waals surface area contributed by atoms with Crippen LogP contribution >= 0.6 is 15.9 Å². The molecule has 1 fully saturated rings. The number of halogens is 1. The van der Waals surface area contributed by atoms with E-state index in [2.05, 4.69) is 33.5 Å². The van der Waals surface area contributed by atoms with Gasteiger partial charge in [-0.05, 0) is 50.9 Å². The van der Waals surface area contributed by atoms with Crippen molar-refractivity contribution in [1.82, 2.24) is 10.6 Å². The SMILES string of the molecule is CC(NC(=O)[C@H]1CCN[C@@H](C)C1)c1cc2c(cc1Br)OCCO2. The number of nitrogens with one attached hydrogen (secondary N) is 2. The fourth-order valence-corrected chi connectivity index (χ4v) is 3.86. The first kappa shape index (κ1) is 16.6. The Balaban J connectivity index is 1.70. The van der Waals surface area contributed by atoms with Gasteiger partial charge in [-0.1, -0.05) is 15.9 Å². The topological polar surface area (TPSA) is 59.6 Å². The smallest absolute Gasteiger partial charge is 0.223 e. The molecule has 1 saturated heterocycles. The van der Waals surface area contributed by atoms with Crippen molar-refractivity contribution < 1.29 is 14.3 Å². The monoisotopic (exact) mass is 382 g/mol. The lowest BCUT2D eigenvalue weighted by atomic mass is 9.92. The highest BCUT2D eigenvalue weighted by molar-refractivity contribution is 9.10. The zero-order valence-electron chi connectivity index (χ0n) is 13.5. The number of amides is 1. The summed E-state index contributed by atoms with van der Waals surface area (Å²) in [7, 11) is 0. The third-order valence-corrected chi connectivity index (χ3v) is 5.17. The second-order valence-electron chi connectivity index (χ2n) is 6.32. The predicted octanol–water partition coefficient (Wildman–Crippen LogP) is 2.79. The summed E-state index contributed by atoms with van der Waals surface area (Å²) in [5, 5.41) is 6.52. The Morgan fingerprint density at radius 3 is 2.74 bits per heavy atom. The molecule has 2 aliphatic rings. The van der Waals surface area contributed by atoms with Crippen LogP contribution in [-0.4, -0.2) is 31.7 Å². The number of ether oxygens (including phenoxy) is 2. The lowest BCUT2D eigenvalue weighted by molar-refractivity contribution is -0.126. The van der Waals surface area contributed by atoms with Crippen LogP contribution in [0.15, 0.2) is 16.6 Å². The van der Waals surface area contributed by atoms with E-state index in [1.807, 2.05) is 19.1 Å². The summed E-state index contributed by atoms with van der Waals surface area (Å²) in [6.07, 6.45) is 1.78. The van der Waals surface area contributed by atoms with Gasteiger partial charge in [0, 0.05) is 16.4 Å². The molecule has 126 valence electrons. The van der Waals surface area contributed by atoms with E-state index in [0.717, 1.165) is 40.9 Å². The summed E-state index contributed by atoms with van der Waals surface area (Å²) in [5.41, 5.74) is 1.00. The Morgan fingerprint density at radius 1 is 1.35 bits per heavy atom. The molecule has 0 saturated carbocycles. The van der Waals surface area contributed by atoms with Crippen LogP contribution in [0.2, 0.25) is 0 Å². The second-order valence-corrected chi connectivity index (χ2v) is 7.18. The van der Waals surface area contributed by atoms with Crippen LogP contribution < -0.4 is 20.1 Å². The summed E-state index contributed by atoms with van der Waals surface area (Å²) in [6.45, 7) is 6.15. The van der Waals surface area contributed by atoms with Gasteiger partial charge in [-0.15, -0.1) is 0 Å². The van der Waals surface area contributed by atoms with Gasteiger partial charge in [0.2, 0.25) is 5.91 Å².